The molecule has 0 aliphatic rings. The average molecular weight is 425 g/mol. The van der Waals surface area contributed by atoms with Gasteiger partial charge in [0.2, 0.25) is 11.2 Å². The highest BCUT2D eigenvalue weighted by atomic mass is 16.4. The first-order valence-electron chi connectivity index (χ1n) is 10.4. The molecule has 3 N–H and O–H groups in total. The molecule has 7 nitrogen and oxygen atoms in total. The number of furan rings is 1. The molecule has 0 atom stereocenters. The lowest BCUT2D eigenvalue weighted by molar-refractivity contribution is 0.464. The maximum atomic E-state index is 13.2. The monoisotopic (exact) mass is 425 g/mol. The molecule has 0 saturated heterocycles. The third-order valence-electron chi connectivity index (χ3n) is 6.02. The highest BCUT2D eigenvalue weighted by Gasteiger charge is 2.24. The number of aromatic hydroxyl groups is 1. The van der Waals surface area contributed by atoms with Gasteiger partial charge in [0.15, 0.2) is 11.2 Å². The summed E-state index contributed by atoms with van der Waals surface area (Å²) in [7, 11) is 0. The second kappa shape index (κ2) is 6.37. The molecule has 0 aliphatic carbocycles. The Morgan fingerprint density at radius 1 is 0.938 bits per heavy atom. The summed E-state index contributed by atoms with van der Waals surface area (Å²) in [5.74, 6) is -0.443. The van der Waals surface area contributed by atoms with Crippen LogP contribution in [0.3, 0.4) is 0 Å². The van der Waals surface area contributed by atoms with E-state index in [4.69, 9.17) is 4.42 Å². The highest BCUT2D eigenvalue weighted by molar-refractivity contribution is 6.18. The van der Waals surface area contributed by atoms with Gasteiger partial charge >= 0.3 is 0 Å². The van der Waals surface area contributed by atoms with E-state index in [0.717, 1.165) is 16.3 Å². The van der Waals surface area contributed by atoms with Crippen LogP contribution in [0.15, 0.2) is 68.6 Å². The van der Waals surface area contributed by atoms with Crippen LogP contribution in [-0.2, 0) is 0 Å². The van der Waals surface area contributed by atoms with Crippen molar-refractivity contribution in [3.8, 4) is 16.9 Å². The number of fused-ring (bicyclic) bond motifs is 5. The molecule has 6 aromatic rings. The molecule has 7 heteroatoms. The first-order chi connectivity index (χ1) is 15.5. The van der Waals surface area contributed by atoms with Crippen molar-refractivity contribution in [1.82, 2.24) is 14.8 Å². The lowest BCUT2D eigenvalue weighted by atomic mass is 9.96. The molecule has 3 aromatic heterocycles. The molecule has 6 rings (SSSR count). The quantitative estimate of drug-likeness (QED) is 0.362. The van der Waals surface area contributed by atoms with Gasteiger partial charge in [0.25, 0.3) is 5.56 Å². The molecule has 0 aliphatic heterocycles. The first-order valence-corrected chi connectivity index (χ1v) is 10.4. The molecule has 32 heavy (non-hydrogen) atoms. The number of rotatable bonds is 2. The van der Waals surface area contributed by atoms with E-state index < -0.39 is 11.2 Å². The van der Waals surface area contributed by atoms with Gasteiger partial charge in [-0.2, -0.15) is 0 Å². The van der Waals surface area contributed by atoms with Gasteiger partial charge in [-0.15, -0.1) is 0 Å². The Morgan fingerprint density at radius 3 is 2.53 bits per heavy atom. The molecule has 0 spiro atoms. The van der Waals surface area contributed by atoms with Gasteiger partial charge in [0.1, 0.15) is 5.65 Å². The van der Waals surface area contributed by atoms with Crippen LogP contribution >= 0.6 is 0 Å². The van der Waals surface area contributed by atoms with Crippen molar-refractivity contribution >= 4 is 43.9 Å². The minimum absolute atomic E-state index is 0.00548. The number of phenolic OH excluding ortho intramolecular Hbond substituents is 1. The summed E-state index contributed by atoms with van der Waals surface area (Å²) in [5.41, 5.74) is 2.44. The summed E-state index contributed by atoms with van der Waals surface area (Å²) in [6.45, 7) is 3.96. The van der Waals surface area contributed by atoms with E-state index in [-0.39, 0.29) is 17.2 Å². The molecule has 0 amide bonds. The minimum Gasteiger partial charge on any atom is -0.502 e. The number of aromatic nitrogens is 3. The summed E-state index contributed by atoms with van der Waals surface area (Å²) in [5, 5.41) is 16.3. The zero-order chi connectivity index (χ0) is 22.1. The Balaban J connectivity index is 1.93. The van der Waals surface area contributed by atoms with E-state index in [0.29, 0.717) is 33.1 Å². The highest BCUT2D eigenvalue weighted by Crippen LogP contribution is 2.42. The molecule has 3 aromatic carbocycles. The van der Waals surface area contributed by atoms with Gasteiger partial charge in [-0.05, 0) is 42.3 Å². The Kier molecular flexibility index (Phi) is 3.68. The number of hydrogen-bond acceptors (Lipinski definition) is 4. The maximum Gasteiger partial charge on any atom is 0.274 e. The van der Waals surface area contributed by atoms with Crippen molar-refractivity contribution in [2.24, 2.45) is 0 Å². The fraction of sp³-hybridized carbons (Fsp3) is 0.120. The van der Waals surface area contributed by atoms with Crippen molar-refractivity contribution in [2.75, 3.05) is 0 Å². The molecule has 0 saturated carbocycles. The predicted molar refractivity (Wildman–Crippen MR) is 125 cm³/mol. The fourth-order valence-corrected chi connectivity index (χ4v) is 4.55. The Labute approximate surface area is 180 Å². The molecule has 158 valence electrons. The normalized spacial score (nSPS) is 12.1. The zero-order valence-corrected chi connectivity index (χ0v) is 17.4. The van der Waals surface area contributed by atoms with Gasteiger partial charge in [-0.25, -0.2) is 0 Å². The van der Waals surface area contributed by atoms with Gasteiger partial charge in [-0.3, -0.25) is 19.4 Å². The van der Waals surface area contributed by atoms with Crippen LogP contribution in [0.4, 0.5) is 0 Å². The molecular weight excluding hydrogens is 406 g/mol. The Bertz CT molecular complexity index is 1810. The largest absolute Gasteiger partial charge is 0.502 e. The van der Waals surface area contributed by atoms with Crippen molar-refractivity contribution in [3.05, 3.63) is 75.2 Å². The number of aromatic amines is 2. The summed E-state index contributed by atoms with van der Waals surface area (Å²) in [4.78, 5) is 28.6. The third-order valence-corrected chi connectivity index (χ3v) is 6.02. The SMILES string of the molecule is CC(C)n1[nH]c(=O)c2c(-c3cccc4ccccc34)c3oc4c(O)c(=O)ccc4c3[nH]c21. The van der Waals surface area contributed by atoms with Gasteiger partial charge in [0, 0.05) is 17.0 Å². The number of H-pyrrole nitrogens is 2. The molecule has 0 bridgehead atoms. The van der Waals surface area contributed by atoms with Crippen LogP contribution in [0, 0.1) is 0 Å². The molecule has 0 radical (unpaired) electrons. The molecule has 0 fully saturated rings. The van der Waals surface area contributed by atoms with Crippen molar-refractivity contribution in [1.29, 1.82) is 0 Å². The number of hydrogen-bond donors (Lipinski definition) is 3. The van der Waals surface area contributed by atoms with E-state index >= 15 is 0 Å². The van der Waals surface area contributed by atoms with Crippen molar-refractivity contribution in [2.45, 2.75) is 19.9 Å². The van der Waals surface area contributed by atoms with Crippen LogP contribution in [0.25, 0.3) is 55.0 Å². The summed E-state index contributed by atoms with van der Waals surface area (Å²) < 4.78 is 7.87. The van der Waals surface area contributed by atoms with Gasteiger partial charge in [0.05, 0.1) is 10.9 Å². The standard InChI is InChI=1S/C25H19N3O4/c1-12(2)28-24-19(25(31)27-28)18(15-9-5-7-13-6-3-4-8-14(13)15)23-20(26-24)16-10-11-17(29)21(30)22(16)32-23/h3-12,26,30H,1-2H3,(H,27,31). The maximum absolute atomic E-state index is 13.2. The fourth-order valence-electron chi connectivity index (χ4n) is 4.55. The van der Waals surface area contributed by atoms with Crippen LogP contribution in [-0.4, -0.2) is 19.9 Å². The van der Waals surface area contributed by atoms with Crippen LogP contribution in [0.1, 0.15) is 19.9 Å². The van der Waals surface area contributed by atoms with Crippen molar-refractivity contribution < 1.29 is 9.52 Å². The first kappa shape index (κ1) is 18.5. The third kappa shape index (κ3) is 2.36. The Morgan fingerprint density at radius 2 is 1.72 bits per heavy atom. The summed E-state index contributed by atoms with van der Waals surface area (Å²) >= 11 is 0. The topological polar surface area (TPSA) is 104 Å². The Hall–Kier alpha value is -4.26. The predicted octanol–water partition coefficient (Wildman–Crippen LogP) is 5.02. The average Bonchev–Trinajstić information content (AvgIpc) is 3.33. The zero-order valence-electron chi connectivity index (χ0n) is 17.4. The smallest absolute Gasteiger partial charge is 0.274 e. The number of pyridine rings is 1. The lowest BCUT2D eigenvalue weighted by Crippen LogP contribution is -2.07. The van der Waals surface area contributed by atoms with Crippen molar-refractivity contribution in [3.63, 3.8) is 0 Å². The lowest BCUT2D eigenvalue weighted by Gasteiger charge is -2.11. The van der Waals surface area contributed by atoms with E-state index in [1.165, 1.54) is 6.07 Å². The second-order valence-corrected chi connectivity index (χ2v) is 8.25. The summed E-state index contributed by atoms with van der Waals surface area (Å²) in [6, 6.07) is 16.8. The van der Waals surface area contributed by atoms with E-state index in [1.807, 2.05) is 56.3 Å². The second-order valence-electron chi connectivity index (χ2n) is 8.25. The van der Waals surface area contributed by atoms with E-state index in [9.17, 15) is 14.7 Å². The minimum atomic E-state index is -0.516. The number of nitrogens with zero attached hydrogens (tertiary/aromatic N) is 1. The van der Waals surface area contributed by atoms with Gasteiger partial charge in [-0.1, -0.05) is 42.5 Å². The van der Waals surface area contributed by atoms with E-state index in [1.54, 1.807) is 10.7 Å². The van der Waals surface area contributed by atoms with E-state index in [2.05, 4.69) is 10.1 Å². The molecule has 3 heterocycles. The summed E-state index contributed by atoms with van der Waals surface area (Å²) in [6.07, 6.45) is 0. The number of phenols is 1. The van der Waals surface area contributed by atoms with Gasteiger partial charge < -0.3 is 14.5 Å². The molecule has 0 unspecified atom stereocenters. The molecular formula is C25H19N3O4. The van der Waals surface area contributed by atoms with Crippen LogP contribution in [0.5, 0.6) is 5.75 Å². The number of nitrogens with one attached hydrogen (secondary N) is 2. The van der Waals surface area contributed by atoms with Crippen LogP contribution in [0.2, 0.25) is 0 Å². The number of benzene rings is 3. The van der Waals surface area contributed by atoms with Crippen LogP contribution < -0.4 is 11.0 Å².